The largest absolute Gasteiger partial charge is 0.469 e. The maximum atomic E-state index is 10.9. The number of esters is 1. The van der Waals surface area contributed by atoms with E-state index in [0.717, 1.165) is 0 Å². The summed E-state index contributed by atoms with van der Waals surface area (Å²) in [4.78, 5) is 10.9. The average Bonchev–Trinajstić information content (AvgIpc) is 1.80. The molecule has 0 radical (unpaired) electrons. The van der Waals surface area contributed by atoms with E-state index in [-0.39, 0.29) is 0 Å². The molecule has 6 heteroatoms. The lowest BCUT2D eigenvalue weighted by atomic mass is 9.85. The van der Waals surface area contributed by atoms with Gasteiger partial charge in [0.05, 0.1) is 18.3 Å². The van der Waals surface area contributed by atoms with Crippen LogP contribution in [-0.2, 0) is 18.6 Å². The van der Waals surface area contributed by atoms with Gasteiger partial charge in [-0.25, -0.2) is 8.42 Å². The highest BCUT2D eigenvalue weighted by molar-refractivity contribution is 8.14. The molecule has 0 heterocycles. The Labute approximate surface area is 75.3 Å². The van der Waals surface area contributed by atoms with E-state index < -0.39 is 26.2 Å². The summed E-state index contributed by atoms with van der Waals surface area (Å²) in [6.07, 6.45) is 0.995. The van der Waals surface area contributed by atoms with Crippen LogP contribution in [0, 0.1) is 5.92 Å². The summed E-state index contributed by atoms with van der Waals surface area (Å²) in [6, 6.07) is 0. The summed E-state index contributed by atoms with van der Waals surface area (Å²) in [5, 5.41) is -0.744. The van der Waals surface area contributed by atoms with Gasteiger partial charge in [-0.15, -0.1) is 0 Å². The minimum Gasteiger partial charge on any atom is -0.469 e. The summed E-state index contributed by atoms with van der Waals surface area (Å²) in [6.45, 7) is 0. The Kier molecular flexibility index (Phi) is 2.63. The zero-order valence-corrected chi connectivity index (χ0v) is 8.06. The Hall–Kier alpha value is -0.290. The van der Waals surface area contributed by atoms with Gasteiger partial charge < -0.3 is 4.74 Å². The summed E-state index contributed by atoms with van der Waals surface area (Å²) in [7, 11) is 2.73. The Balaban J connectivity index is 2.68. The fourth-order valence-electron chi connectivity index (χ4n) is 1.23. The van der Waals surface area contributed by atoms with Gasteiger partial charge in [-0.3, -0.25) is 4.79 Å². The molecule has 2 unspecified atom stereocenters. The maximum Gasteiger partial charge on any atom is 0.310 e. The molecule has 0 N–H and O–H groups in total. The van der Waals surface area contributed by atoms with E-state index in [4.69, 9.17) is 10.7 Å². The van der Waals surface area contributed by atoms with E-state index in [1.54, 1.807) is 0 Å². The topological polar surface area (TPSA) is 60.4 Å². The zero-order chi connectivity index (χ0) is 9.35. The van der Waals surface area contributed by atoms with E-state index in [9.17, 15) is 13.2 Å². The van der Waals surface area contributed by atoms with Crippen LogP contribution in [0.25, 0.3) is 0 Å². The molecule has 1 fully saturated rings. The quantitative estimate of drug-likeness (QED) is 0.494. The van der Waals surface area contributed by atoms with Crippen molar-refractivity contribution in [1.29, 1.82) is 0 Å². The van der Waals surface area contributed by atoms with Gasteiger partial charge >= 0.3 is 5.97 Å². The minimum atomic E-state index is -3.60. The van der Waals surface area contributed by atoms with Gasteiger partial charge in [-0.2, -0.15) is 0 Å². The second kappa shape index (κ2) is 3.22. The molecule has 0 aromatic rings. The van der Waals surface area contributed by atoms with Crippen LogP contribution in [0.2, 0.25) is 0 Å². The molecule has 1 saturated carbocycles. The highest BCUT2D eigenvalue weighted by Crippen LogP contribution is 2.35. The Bertz CT molecular complexity index is 284. The van der Waals surface area contributed by atoms with Gasteiger partial charge in [-0.05, 0) is 12.8 Å². The number of methoxy groups -OCH3 is 1. The standard InChI is InChI=1S/C6H9ClO4S/c1-11-6(8)4-2-3-5(4)12(7,9)10/h4-5H,2-3H2,1H3. The summed E-state index contributed by atoms with van der Waals surface area (Å²) in [5.74, 6) is -1.05. The second-order valence-electron chi connectivity index (χ2n) is 2.72. The predicted octanol–water partition coefficient (Wildman–Crippen LogP) is 0.507. The molecule has 0 spiro atoms. The smallest absolute Gasteiger partial charge is 0.310 e. The van der Waals surface area contributed by atoms with Crippen LogP contribution in [0.4, 0.5) is 0 Å². The normalized spacial score (nSPS) is 29.2. The van der Waals surface area contributed by atoms with E-state index >= 15 is 0 Å². The maximum absolute atomic E-state index is 10.9. The van der Waals surface area contributed by atoms with Gasteiger partial charge in [-0.1, -0.05) is 0 Å². The average molecular weight is 213 g/mol. The molecule has 0 amide bonds. The van der Waals surface area contributed by atoms with Crippen molar-refractivity contribution in [3.63, 3.8) is 0 Å². The third kappa shape index (κ3) is 1.72. The molecular weight excluding hydrogens is 204 g/mol. The van der Waals surface area contributed by atoms with E-state index in [1.165, 1.54) is 7.11 Å². The first-order valence-corrected chi connectivity index (χ1v) is 5.85. The van der Waals surface area contributed by atoms with Crippen molar-refractivity contribution in [2.24, 2.45) is 5.92 Å². The molecule has 1 aliphatic rings. The Morgan fingerprint density at radius 2 is 2.08 bits per heavy atom. The number of rotatable bonds is 2. The molecule has 0 aromatic carbocycles. The van der Waals surface area contributed by atoms with Crippen LogP contribution in [0.3, 0.4) is 0 Å². The first kappa shape index (κ1) is 9.80. The Morgan fingerprint density at radius 3 is 2.33 bits per heavy atom. The fraction of sp³-hybridized carbons (Fsp3) is 0.833. The lowest BCUT2D eigenvalue weighted by Crippen LogP contribution is -2.41. The first-order chi connectivity index (χ1) is 5.46. The number of carbonyl (C=O) groups is 1. The van der Waals surface area contributed by atoms with Crippen molar-refractivity contribution in [3.05, 3.63) is 0 Å². The van der Waals surface area contributed by atoms with Crippen LogP contribution >= 0.6 is 10.7 Å². The van der Waals surface area contributed by atoms with Crippen molar-refractivity contribution in [3.8, 4) is 0 Å². The van der Waals surface area contributed by atoms with Gasteiger partial charge in [0.2, 0.25) is 9.05 Å². The van der Waals surface area contributed by atoms with Gasteiger partial charge in [0.25, 0.3) is 0 Å². The highest BCUT2D eigenvalue weighted by atomic mass is 35.7. The Morgan fingerprint density at radius 1 is 1.50 bits per heavy atom. The molecule has 70 valence electrons. The number of hydrogen-bond donors (Lipinski definition) is 0. The minimum absolute atomic E-state index is 0.450. The zero-order valence-electron chi connectivity index (χ0n) is 6.49. The van der Waals surface area contributed by atoms with Gasteiger partial charge in [0, 0.05) is 10.7 Å². The van der Waals surface area contributed by atoms with Crippen molar-refractivity contribution in [1.82, 2.24) is 0 Å². The lowest BCUT2D eigenvalue weighted by molar-refractivity contribution is -0.147. The third-order valence-corrected chi connectivity index (χ3v) is 4.05. The van der Waals surface area contributed by atoms with E-state index in [2.05, 4.69) is 4.74 Å². The van der Waals surface area contributed by atoms with Crippen LogP contribution in [0.5, 0.6) is 0 Å². The van der Waals surface area contributed by atoms with Crippen LogP contribution < -0.4 is 0 Å². The molecule has 12 heavy (non-hydrogen) atoms. The first-order valence-electron chi connectivity index (χ1n) is 3.48. The SMILES string of the molecule is COC(=O)C1CCC1S(=O)(=O)Cl. The third-order valence-electron chi connectivity index (χ3n) is 2.08. The van der Waals surface area contributed by atoms with Crippen molar-refractivity contribution >= 4 is 25.7 Å². The number of carbonyl (C=O) groups excluding carboxylic acids is 1. The molecule has 1 rings (SSSR count). The summed E-state index contributed by atoms with van der Waals surface area (Å²) < 4.78 is 26.0. The fourth-order valence-corrected chi connectivity index (χ4v) is 2.92. The van der Waals surface area contributed by atoms with Crippen molar-refractivity contribution in [2.75, 3.05) is 7.11 Å². The van der Waals surface area contributed by atoms with Crippen molar-refractivity contribution < 1.29 is 17.9 Å². The molecule has 0 aromatic heterocycles. The van der Waals surface area contributed by atoms with Gasteiger partial charge in [0.15, 0.2) is 0 Å². The molecular formula is C6H9ClO4S. The number of ether oxygens (including phenoxy) is 1. The predicted molar refractivity (Wildman–Crippen MR) is 43.3 cm³/mol. The highest BCUT2D eigenvalue weighted by Gasteiger charge is 2.44. The number of hydrogen-bond acceptors (Lipinski definition) is 4. The molecule has 0 aliphatic heterocycles. The van der Waals surface area contributed by atoms with Crippen LogP contribution in [-0.4, -0.2) is 26.7 Å². The second-order valence-corrected chi connectivity index (χ2v) is 5.57. The summed E-state index contributed by atoms with van der Waals surface area (Å²) >= 11 is 0. The van der Waals surface area contributed by atoms with E-state index in [1.807, 2.05) is 0 Å². The molecule has 2 atom stereocenters. The van der Waals surface area contributed by atoms with Crippen LogP contribution in [0.15, 0.2) is 0 Å². The molecule has 4 nitrogen and oxygen atoms in total. The molecule has 1 aliphatic carbocycles. The summed E-state index contributed by atoms with van der Waals surface area (Å²) in [5.41, 5.74) is 0. The van der Waals surface area contributed by atoms with Crippen LogP contribution in [0.1, 0.15) is 12.8 Å². The molecule has 0 saturated heterocycles. The van der Waals surface area contributed by atoms with Crippen molar-refractivity contribution in [2.45, 2.75) is 18.1 Å². The monoisotopic (exact) mass is 212 g/mol. The lowest BCUT2D eigenvalue weighted by Gasteiger charge is -2.31. The van der Waals surface area contributed by atoms with Gasteiger partial charge in [0.1, 0.15) is 0 Å². The number of halogens is 1. The molecule has 0 bridgehead atoms. The van der Waals surface area contributed by atoms with E-state index in [0.29, 0.717) is 12.8 Å².